The lowest BCUT2D eigenvalue weighted by Crippen LogP contribution is -1.91. The van der Waals surface area contributed by atoms with Gasteiger partial charge in [0.05, 0.1) is 12.1 Å². The third kappa shape index (κ3) is 5.67. The van der Waals surface area contributed by atoms with Gasteiger partial charge in [-0.05, 0) is 13.3 Å². The molecule has 0 aromatic rings. The molecule has 0 aromatic carbocycles. The van der Waals surface area contributed by atoms with Crippen molar-refractivity contribution in [3.05, 3.63) is 0 Å². The predicted octanol–water partition coefficient (Wildman–Crippen LogP) is 1.96. The Morgan fingerprint density at radius 1 is 1.75 bits per heavy atom. The molecule has 1 unspecified atom stereocenters. The van der Waals surface area contributed by atoms with Gasteiger partial charge in [0, 0.05) is 0 Å². The molecule has 8 heavy (non-hydrogen) atoms. The largest absolute Gasteiger partial charge is 0.242 e. The zero-order chi connectivity index (χ0) is 5.70. The number of nitrogens with zero attached hydrogens (tertiary/aromatic N) is 1. The van der Waals surface area contributed by atoms with E-state index in [4.69, 9.17) is 5.41 Å². The van der Waals surface area contributed by atoms with E-state index in [2.05, 4.69) is 4.99 Å². The topological polar surface area (TPSA) is 36.2 Å². The molecule has 48 valence electrons. The van der Waals surface area contributed by atoms with Crippen LogP contribution in [0.4, 0.5) is 0 Å². The smallest absolute Gasteiger partial charge is 0.0864 e. The number of rotatable bonds is 2. The van der Waals surface area contributed by atoms with E-state index in [-0.39, 0.29) is 18.4 Å². The Morgan fingerprint density at radius 2 is 2.25 bits per heavy atom. The van der Waals surface area contributed by atoms with E-state index < -0.39 is 0 Å². The van der Waals surface area contributed by atoms with Gasteiger partial charge in [-0.3, -0.25) is 0 Å². The molecule has 0 aliphatic carbocycles. The van der Waals surface area contributed by atoms with Crippen molar-refractivity contribution < 1.29 is 0 Å². The number of nitrogens with one attached hydrogen (secondary N) is 1. The second-order valence-electron chi connectivity index (χ2n) is 1.50. The molecule has 0 radical (unpaired) electrons. The van der Waals surface area contributed by atoms with Crippen molar-refractivity contribution in [2.45, 2.75) is 26.3 Å². The van der Waals surface area contributed by atoms with Crippen molar-refractivity contribution in [2.75, 3.05) is 0 Å². The highest BCUT2D eigenvalue weighted by molar-refractivity contribution is 5.85. The fourth-order valence-corrected chi connectivity index (χ4v) is 0.201. The van der Waals surface area contributed by atoms with Crippen LogP contribution in [0, 0.1) is 5.41 Å². The SMILES string of the molecule is CCC(C)N=C=N.Cl. The second-order valence-corrected chi connectivity index (χ2v) is 1.50. The molecule has 0 spiro atoms. The van der Waals surface area contributed by atoms with Crippen molar-refractivity contribution in [1.29, 1.82) is 5.41 Å². The number of hydrogen-bond acceptors (Lipinski definition) is 2. The van der Waals surface area contributed by atoms with Crippen LogP contribution in [0.3, 0.4) is 0 Å². The quantitative estimate of drug-likeness (QED) is 0.561. The zero-order valence-corrected chi connectivity index (χ0v) is 5.96. The first-order valence-corrected chi connectivity index (χ1v) is 2.42. The first-order chi connectivity index (χ1) is 3.31. The van der Waals surface area contributed by atoms with Crippen LogP contribution in [0.15, 0.2) is 4.99 Å². The molecule has 0 aromatic heterocycles. The summed E-state index contributed by atoms with van der Waals surface area (Å²) in [6.45, 7) is 3.99. The third-order valence-electron chi connectivity index (χ3n) is 0.876. The van der Waals surface area contributed by atoms with Crippen molar-refractivity contribution in [2.24, 2.45) is 4.99 Å². The minimum absolute atomic E-state index is 0. The maximum absolute atomic E-state index is 6.42. The lowest BCUT2D eigenvalue weighted by Gasteiger charge is -1.92. The van der Waals surface area contributed by atoms with Crippen LogP contribution in [-0.2, 0) is 0 Å². The molecule has 0 saturated carbocycles. The number of aliphatic imine (C=N–C) groups is 1. The van der Waals surface area contributed by atoms with Gasteiger partial charge in [0.1, 0.15) is 0 Å². The van der Waals surface area contributed by atoms with Crippen LogP contribution >= 0.6 is 12.4 Å². The number of hydrogen-bond donors (Lipinski definition) is 1. The molecule has 0 rings (SSSR count). The molecule has 0 aliphatic heterocycles. The molecule has 0 heterocycles. The molecule has 0 aliphatic rings. The minimum Gasteiger partial charge on any atom is -0.242 e. The van der Waals surface area contributed by atoms with Crippen LogP contribution in [0.2, 0.25) is 0 Å². The van der Waals surface area contributed by atoms with Gasteiger partial charge in [0.25, 0.3) is 0 Å². The molecular weight excluding hydrogens is 124 g/mol. The van der Waals surface area contributed by atoms with Crippen LogP contribution in [0.1, 0.15) is 20.3 Å². The summed E-state index contributed by atoms with van der Waals surface area (Å²) in [5, 5.41) is 6.42. The molecule has 0 amide bonds. The molecule has 0 fully saturated rings. The molecule has 1 N–H and O–H groups in total. The summed E-state index contributed by atoms with van der Waals surface area (Å²) in [7, 11) is 0. The summed E-state index contributed by atoms with van der Waals surface area (Å²) >= 11 is 0. The Bertz CT molecular complexity index is 86.4. The van der Waals surface area contributed by atoms with Crippen molar-refractivity contribution >= 4 is 18.4 Å². The summed E-state index contributed by atoms with van der Waals surface area (Å²) in [4.78, 5) is 3.66. The minimum atomic E-state index is 0. The zero-order valence-electron chi connectivity index (χ0n) is 5.14. The summed E-state index contributed by atoms with van der Waals surface area (Å²) in [5.41, 5.74) is 0. The molecule has 2 nitrogen and oxygen atoms in total. The predicted molar refractivity (Wildman–Crippen MR) is 37.2 cm³/mol. The van der Waals surface area contributed by atoms with Gasteiger partial charge in [-0.15, -0.1) is 12.4 Å². The Morgan fingerprint density at radius 3 is 2.38 bits per heavy atom. The normalized spacial score (nSPS) is 10.8. The van der Waals surface area contributed by atoms with Crippen LogP contribution in [0.25, 0.3) is 0 Å². The van der Waals surface area contributed by atoms with E-state index >= 15 is 0 Å². The third-order valence-corrected chi connectivity index (χ3v) is 0.876. The van der Waals surface area contributed by atoms with Gasteiger partial charge in [-0.1, -0.05) is 6.92 Å². The Labute approximate surface area is 55.9 Å². The molecule has 0 saturated heterocycles. The van der Waals surface area contributed by atoms with E-state index in [0.29, 0.717) is 0 Å². The maximum Gasteiger partial charge on any atom is 0.0864 e. The average molecular weight is 135 g/mol. The van der Waals surface area contributed by atoms with E-state index in [1.54, 1.807) is 0 Å². The van der Waals surface area contributed by atoms with Gasteiger partial charge in [0.15, 0.2) is 0 Å². The van der Waals surface area contributed by atoms with Gasteiger partial charge in [-0.25, -0.2) is 10.4 Å². The van der Waals surface area contributed by atoms with Crippen molar-refractivity contribution in [1.82, 2.24) is 0 Å². The first-order valence-electron chi connectivity index (χ1n) is 2.42. The highest BCUT2D eigenvalue weighted by Crippen LogP contribution is 1.90. The van der Waals surface area contributed by atoms with E-state index in [1.807, 2.05) is 19.9 Å². The Hall–Kier alpha value is -0.330. The number of halogens is 1. The summed E-state index contributed by atoms with van der Waals surface area (Å²) in [6.07, 6.45) is 0.992. The van der Waals surface area contributed by atoms with Gasteiger partial charge >= 0.3 is 0 Å². The van der Waals surface area contributed by atoms with Gasteiger partial charge < -0.3 is 0 Å². The Kier molecular flexibility index (Phi) is 8.85. The molecule has 0 bridgehead atoms. The van der Waals surface area contributed by atoms with Crippen molar-refractivity contribution in [3.8, 4) is 0 Å². The fraction of sp³-hybridized carbons (Fsp3) is 0.800. The second kappa shape index (κ2) is 6.67. The fourth-order valence-electron chi connectivity index (χ4n) is 0.201. The highest BCUT2D eigenvalue weighted by Gasteiger charge is 1.87. The lowest BCUT2D eigenvalue weighted by molar-refractivity contribution is 0.720. The van der Waals surface area contributed by atoms with E-state index in [0.717, 1.165) is 6.42 Å². The van der Waals surface area contributed by atoms with E-state index in [1.165, 1.54) is 0 Å². The summed E-state index contributed by atoms with van der Waals surface area (Å²) < 4.78 is 0. The standard InChI is InChI=1S/C5H10N2.ClH/c1-3-5(2)7-4-6;/h5-6H,3H2,1-2H3;1H. The van der Waals surface area contributed by atoms with Crippen LogP contribution in [-0.4, -0.2) is 12.1 Å². The molecule has 1 atom stereocenters. The average Bonchev–Trinajstić information content (AvgIpc) is 1.68. The van der Waals surface area contributed by atoms with Gasteiger partial charge in [0.2, 0.25) is 0 Å². The monoisotopic (exact) mass is 134 g/mol. The summed E-state index contributed by atoms with van der Waals surface area (Å²) in [5.74, 6) is 0. The van der Waals surface area contributed by atoms with Crippen LogP contribution in [0.5, 0.6) is 0 Å². The highest BCUT2D eigenvalue weighted by atomic mass is 35.5. The van der Waals surface area contributed by atoms with Gasteiger partial charge in [-0.2, -0.15) is 0 Å². The van der Waals surface area contributed by atoms with E-state index in [9.17, 15) is 0 Å². The summed E-state index contributed by atoms with van der Waals surface area (Å²) in [6, 6.07) is 2.27. The van der Waals surface area contributed by atoms with Crippen LogP contribution < -0.4 is 0 Å². The lowest BCUT2D eigenvalue weighted by atomic mass is 10.3. The van der Waals surface area contributed by atoms with Crippen molar-refractivity contribution in [3.63, 3.8) is 0 Å². The molecular formula is C5H11ClN2. The molecule has 3 heteroatoms. The first kappa shape index (κ1) is 10.6. The maximum atomic E-state index is 6.42. The Balaban J connectivity index is 0.